The zero-order valence-corrected chi connectivity index (χ0v) is 15.8. The lowest BCUT2D eigenvalue weighted by Gasteiger charge is -2.23. The molecule has 2 aromatic rings. The summed E-state index contributed by atoms with van der Waals surface area (Å²) in [5, 5.41) is 14.2. The first kappa shape index (κ1) is 18.6. The van der Waals surface area contributed by atoms with Gasteiger partial charge < -0.3 is 14.6 Å². The van der Waals surface area contributed by atoms with Crippen LogP contribution in [0.15, 0.2) is 28.9 Å². The predicted molar refractivity (Wildman–Crippen MR) is 100 cm³/mol. The molecular weight excluding hydrogens is 350 g/mol. The van der Waals surface area contributed by atoms with Gasteiger partial charge in [-0.1, -0.05) is 0 Å². The first-order valence-electron chi connectivity index (χ1n) is 8.57. The van der Waals surface area contributed by atoms with Crippen LogP contribution in [0.4, 0.5) is 17.1 Å². The van der Waals surface area contributed by atoms with Crippen LogP contribution in [0.25, 0.3) is 0 Å². The number of nitrogens with zero attached hydrogens (tertiary/aromatic N) is 2. The molecule has 1 N–H and O–H groups in total. The quantitative estimate of drug-likeness (QED) is 0.650. The second-order valence-corrected chi connectivity index (χ2v) is 7.44. The lowest BCUT2D eigenvalue weighted by atomic mass is 9.85. The van der Waals surface area contributed by atoms with Crippen molar-refractivity contribution in [1.82, 2.24) is 0 Å². The van der Waals surface area contributed by atoms with E-state index in [0.717, 1.165) is 0 Å². The normalized spacial score (nSPS) is 15.2. The molecule has 2 amide bonds. The second-order valence-electron chi connectivity index (χ2n) is 7.44. The maximum Gasteiger partial charge on any atom is 0.294 e. The molecule has 1 aliphatic heterocycles. The summed E-state index contributed by atoms with van der Waals surface area (Å²) in [5.74, 6) is -0.0867. The van der Waals surface area contributed by atoms with Crippen LogP contribution in [0.1, 0.15) is 49.4 Å². The van der Waals surface area contributed by atoms with Crippen molar-refractivity contribution in [1.29, 1.82) is 0 Å². The number of hydrogen-bond acceptors (Lipinski definition) is 5. The minimum Gasteiger partial charge on any atom is -0.469 e. The minimum absolute atomic E-state index is 0.0501. The highest BCUT2D eigenvalue weighted by Gasteiger charge is 2.46. The van der Waals surface area contributed by atoms with Gasteiger partial charge in [-0.2, -0.15) is 0 Å². The number of furan rings is 1. The van der Waals surface area contributed by atoms with Crippen molar-refractivity contribution in [3.8, 4) is 0 Å². The molecule has 0 atom stereocenters. The molecule has 3 rings (SSSR count). The summed E-state index contributed by atoms with van der Waals surface area (Å²) >= 11 is 0. The van der Waals surface area contributed by atoms with Crippen molar-refractivity contribution < 1.29 is 18.9 Å². The van der Waals surface area contributed by atoms with E-state index < -0.39 is 16.2 Å². The zero-order chi connectivity index (χ0) is 20.1. The van der Waals surface area contributed by atoms with Crippen LogP contribution in [0, 0.1) is 17.0 Å². The van der Waals surface area contributed by atoms with Crippen molar-refractivity contribution in [3.05, 3.63) is 51.5 Å². The molecule has 2 heterocycles. The zero-order valence-electron chi connectivity index (χ0n) is 15.8. The lowest BCUT2D eigenvalue weighted by Crippen LogP contribution is -2.40. The molecule has 0 aliphatic carbocycles. The van der Waals surface area contributed by atoms with Crippen LogP contribution < -0.4 is 10.2 Å². The van der Waals surface area contributed by atoms with Crippen molar-refractivity contribution in [2.24, 2.45) is 0 Å². The summed E-state index contributed by atoms with van der Waals surface area (Å²) in [6, 6.07) is 4.28. The Morgan fingerprint density at radius 2 is 1.96 bits per heavy atom. The molecule has 27 heavy (non-hydrogen) atoms. The van der Waals surface area contributed by atoms with E-state index in [-0.39, 0.29) is 28.9 Å². The Hall–Kier alpha value is -3.16. The first-order valence-corrected chi connectivity index (χ1v) is 8.57. The molecule has 1 aromatic carbocycles. The first-order chi connectivity index (χ1) is 12.5. The van der Waals surface area contributed by atoms with E-state index in [1.807, 2.05) is 13.8 Å². The third kappa shape index (κ3) is 2.97. The standard InChI is InChI=1S/C19H21N3O5/c1-10(2)21-15-8-16(22(25)26)14(7-13(15)19(4,5)18(21)24)20-17(23)12-6-11(3)27-9-12/h6-10H,1-5H3,(H,20,23). The van der Waals surface area contributed by atoms with Gasteiger partial charge in [-0.25, -0.2) is 0 Å². The summed E-state index contributed by atoms with van der Waals surface area (Å²) < 4.78 is 5.12. The fourth-order valence-electron chi connectivity index (χ4n) is 3.32. The summed E-state index contributed by atoms with van der Waals surface area (Å²) in [6.07, 6.45) is 1.29. The molecule has 0 fully saturated rings. The van der Waals surface area contributed by atoms with Gasteiger partial charge in [0.05, 0.1) is 21.6 Å². The second kappa shape index (κ2) is 6.22. The number of aryl methyl sites for hydroxylation is 1. The highest BCUT2D eigenvalue weighted by molar-refractivity contribution is 6.10. The fraction of sp³-hybridized carbons (Fsp3) is 0.368. The molecule has 1 aromatic heterocycles. The summed E-state index contributed by atoms with van der Waals surface area (Å²) in [5.41, 5.74) is 0.351. The van der Waals surface area contributed by atoms with E-state index in [0.29, 0.717) is 17.0 Å². The number of nitrogens with one attached hydrogen (secondary N) is 1. The number of anilines is 2. The monoisotopic (exact) mass is 371 g/mol. The summed E-state index contributed by atoms with van der Waals surface area (Å²) in [4.78, 5) is 37.8. The van der Waals surface area contributed by atoms with Gasteiger partial charge in [0.25, 0.3) is 11.6 Å². The molecular formula is C19H21N3O5. The maximum atomic E-state index is 12.8. The third-order valence-corrected chi connectivity index (χ3v) is 4.75. The molecule has 0 unspecified atom stereocenters. The maximum absolute atomic E-state index is 12.8. The Morgan fingerprint density at radius 3 is 2.48 bits per heavy atom. The van der Waals surface area contributed by atoms with E-state index in [2.05, 4.69) is 5.32 Å². The van der Waals surface area contributed by atoms with E-state index >= 15 is 0 Å². The summed E-state index contributed by atoms with van der Waals surface area (Å²) in [6.45, 7) is 8.95. The van der Waals surface area contributed by atoms with Gasteiger partial charge in [-0.3, -0.25) is 19.7 Å². The number of carbonyl (C=O) groups is 2. The highest BCUT2D eigenvalue weighted by atomic mass is 16.6. The molecule has 8 heteroatoms. The van der Waals surface area contributed by atoms with Crippen molar-refractivity contribution in [2.45, 2.75) is 46.1 Å². The average molecular weight is 371 g/mol. The molecule has 1 aliphatic rings. The number of carbonyl (C=O) groups excluding carboxylic acids is 2. The molecule has 0 radical (unpaired) electrons. The van der Waals surface area contributed by atoms with Crippen LogP contribution >= 0.6 is 0 Å². The van der Waals surface area contributed by atoms with Gasteiger partial charge in [0, 0.05) is 12.1 Å². The molecule has 0 saturated heterocycles. The van der Waals surface area contributed by atoms with Gasteiger partial charge in [-0.15, -0.1) is 0 Å². The van der Waals surface area contributed by atoms with Crippen LogP contribution in [-0.4, -0.2) is 22.8 Å². The van der Waals surface area contributed by atoms with Crippen LogP contribution in [-0.2, 0) is 10.2 Å². The Balaban J connectivity index is 2.11. The van der Waals surface area contributed by atoms with E-state index in [1.54, 1.807) is 31.7 Å². The van der Waals surface area contributed by atoms with Gasteiger partial charge in [-0.05, 0) is 52.3 Å². The molecule has 0 bridgehead atoms. The Labute approximate surface area is 156 Å². The van der Waals surface area contributed by atoms with Gasteiger partial charge in [0.2, 0.25) is 5.91 Å². The van der Waals surface area contributed by atoms with E-state index in [4.69, 9.17) is 4.42 Å². The smallest absolute Gasteiger partial charge is 0.294 e. The molecule has 142 valence electrons. The van der Waals surface area contributed by atoms with Crippen molar-refractivity contribution >= 4 is 28.9 Å². The van der Waals surface area contributed by atoms with Crippen molar-refractivity contribution in [3.63, 3.8) is 0 Å². The van der Waals surface area contributed by atoms with Gasteiger partial charge in [0.1, 0.15) is 17.7 Å². The number of nitro benzene ring substituents is 1. The Kier molecular flexibility index (Phi) is 4.29. The Morgan fingerprint density at radius 1 is 1.30 bits per heavy atom. The largest absolute Gasteiger partial charge is 0.469 e. The summed E-state index contributed by atoms with van der Waals surface area (Å²) in [7, 11) is 0. The molecule has 0 spiro atoms. The van der Waals surface area contributed by atoms with Gasteiger partial charge in [0.15, 0.2) is 0 Å². The number of rotatable bonds is 4. The SMILES string of the molecule is Cc1cc(C(=O)Nc2cc3c(cc2[N+](=O)[O-])N(C(C)C)C(=O)C3(C)C)co1. The Bertz CT molecular complexity index is 958. The number of amides is 2. The number of fused-ring (bicyclic) bond motifs is 1. The van der Waals surface area contributed by atoms with E-state index in [1.165, 1.54) is 18.4 Å². The fourth-order valence-corrected chi connectivity index (χ4v) is 3.32. The number of nitro groups is 1. The highest BCUT2D eigenvalue weighted by Crippen LogP contribution is 2.46. The van der Waals surface area contributed by atoms with Crippen LogP contribution in [0.2, 0.25) is 0 Å². The molecule has 0 saturated carbocycles. The third-order valence-electron chi connectivity index (χ3n) is 4.75. The minimum atomic E-state index is -0.847. The van der Waals surface area contributed by atoms with Crippen molar-refractivity contribution in [2.75, 3.05) is 10.2 Å². The predicted octanol–water partition coefficient (Wildman–Crippen LogP) is 3.78. The number of hydrogen-bond donors (Lipinski definition) is 1. The average Bonchev–Trinajstić information content (AvgIpc) is 3.08. The van der Waals surface area contributed by atoms with Crippen LogP contribution in [0.5, 0.6) is 0 Å². The van der Waals surface area contributed by atoms with E-state index in [9.17, 15) is 19.7 Å². The van der Waals surface area contributed by atoms with Crippen LogP contribution in [0.3, 0.4) is 0 Å². The number of benzene rings is 1. The topological polar surface area (TPSA) is 106 Å². The molecule has 8 nitrogen and oxygen atoms in total. The van der Waals surface area contributed by atoms with Gasteiger partial charge >= 0.3 is 0 Å². The lowest BCUT2D eigenvalue weighted by molar-refractivity contribution is -0.383.